The minimum absolute atomic E-state index is 0.0619. The number of hydrogen-bond donors (Lipinski definition) is 2. The van der Waals surface area contributed by atoms with E-state index in [1.165, 1.54) is 4.90 Å². The minimum Gasteiger partial charge on any atom is -0.480 e. The SMILES string of the molecule is CC(C)(C)N(CC(=O)O)C(=O)NC1CCS(=O)(=O)C1. The Kier molecular flexibility index (Phi) is 4.44. The molecule has 2 amide bonds. The largest absolute Gasteiger partial charge is 0.480 e. The monoisotopic (exact) mass is 292 g/mol. The third-order valence-corrected chi connectivity index (χ3v) is 4.68. The van der Waals surface area contributed by atoms with E-state index >= 15 is 0 Å². The molecule has 8 heteroatoms. The van der Waals surface area contributed by atoms with Gasteiger partial charge in [0.05, 0.1) is 11.5 Å². The number of carbonyl (C=O) groups is 2. The molecule has 1 aliphatic rings. The van der Waals surface area contributed by atoms with Crippen molar-refractivity contribution in [1.82, 2.24) is 10.2 Å². The highest BCUT2D eigenvalue weighted by atomic mass is 32.2. The summed E-state index contributed by atoms with van der Waals surface area (Å²) in [5.74, 6) is -1.12. The molecule has 0 aromatic rings. The highest BCUT2D eigenvalue weighted by molar-refractivity contribution is 7.91. The molecular formula is C11H20N2O5S. The van der Waals surface area contributed by atoms with E-state index in [0.717, 1.165) is 0 Å². The number of nitrogens with one attached hydrogen (secondary N) is 1. The van der Waals surface area contributed by atoms with Crippen molar-refractivity contribution < 1.29 is 23.1 Å². The van der Waals surface area contributed by atoms with Crippen molar-refractivity contribution in [2.75, 3.05) is 18.1 Å². The number of rotatable bonds is 3. The van der Waals surface area contributed by atoms with Gasteiger partial charge in [0.25, 0.3) is 0 Å². The van der Waals surface area contributed by atoms with E-state index in [1.807, 2.05) is 0 Å². The Morgan fingerprint density at radius 3 is 2.32 bits per heavy atom. The second kappa shape index (κ2) is 5.36. The van der Waals surface area contributed by atoms with Crippen molar-refractivity contribution in [3.63, 3.8) is 0 Å². The van der Waals surface area contributed by atoms with Crippen molar-refractivity contribution in [1.29, 1.82) is 0 Å². The smallest absolute Gasteiger partial charge is 0.323 e. The van der Waals surface area contributed by atoms with Crippen LogP contribution in [0.2, 0.25) is 0 Å². The van der Waals surface area contributed by atoms with Gasteiger partial charge in [0.1, 0.15) is 6.54 Å². The topological polar surface area (TPSA) is 104 Å². The van der Waals surface area contributed by atoms with Crippen LogP contribution in [-0.2, 0) is 14.6 Å². The highest BCUT2D eigenvalue weighted by Crippen LogP contribution is 2.16. The van der Waals surface area contributed by atoms with Gasteiger partial charge in [-0.3, -0.25) is 4.79 Å². The molecule has 0 radical (unpaired) electrons. The predicted molar refractivity (Wildman–Crippen MR) is 69.7 cm³/mol. The van der Waals surface area contributed by atoms with Crippen LogP contribution in [0.5, 0.6) is 0 Å². The Bertz CT molecular complexity index is 466. The van der Waals surface area contributed by atoms with Gasteiger partial charge in [0.15, 0.2) is 9.84 Å². The van der Waals surface area contributed by atoms with Gasteiger partial charge in [-0.05, 0) is 27.2 Å². The van der Waals surface area contributed by atoms with Gasteiger partial charge in [-0.25, -0.2) is 13.2 Å². The highest BCUT2D eigenvalue weighted by Gasteiger charge is 2.33. The van der Waals surface area contributed by atoms with E-state index in [-0.39, 0.29) is 11.5 Å². The fourth-order valence-corrected chi connectivity index (χ4v) is 3.58. The molecule has 1 heterocycles. The number of amides is 2. The first-order chi connectivity index (χ1) is 8.51. The zero-order chi connectivity index (χ0) is 14.8. The van der Waals surface area contributed by atoms with Gasteiger partial charge in [-0.2, -0.15) is 0 Å². The van der Waals surface area contributed by atoms with Crippen LogP contribution in [0.4, 0.5) is 4.79 Å². The molecule has 19 heavy (non-hydrogen) atoms. The number of carbonyl (C=O) groups excluding carboxylic acids is 1. The lowest BCUT2D eigenvalue weighted by molar-refractivity contribution is -0.138. The van der Waals surface area contributed by atoms with Crippen LogP contribution in [0.3, 0.4) is 0 Å². The van der Waals surface area contributed by atoms with E-state index in [9.17, 15) is 18.0 Å². The van der Waals surface area contributed by atoms with E-state index < -0.39 is 40.0 Å². The number of sulfone groups is 1. The molecule has 110 valence electrons. The van der Waals surface area contributed by atoms with Crippen molar-refractivity contribution in [3.8, 4) is 0 Å². The lowest BCUT2D eigenvalue weighted by atomic mass is 10.1. The fraction of sp³-hybridized carbons (Fsp3) is 0.818. The maximum Gasteiger partial charge on any atom is 0.323 e. The average Bonchev–Trinajstić information content (AvgIpc) is 2.52. The molecule has 1 unspecified atom stereocenters. The Morgan fingerprint density at radius 2 is 1.95 bits per heavy atom. The molecule has 1 rings (SSSR count). The van der Waals surface area contributed by atoms with Crippen molar-refractivity contribution in [3.05, 3.63) is 0 Å². The second-order valence-corrected chi connectivity index (χ2v) is 7.93. The summed E-state index contributed by atoms with van der Waals surface area (Å²) in [7, 11) is -3.07. The quantitative estimate of drug-likeness (QED) is 0.766. The third-order valence-electron chi connectivity index (χ3n) is 2.91. The Morgan fingerprint density at radius 1 is 1.37 bits per heavy atom. The lowest BCUT2D eigenvalue weighted by Gasteiger charge is -2.35. The molecule has 2 N–H and O–H groups in total. The third kappa shape index (κ3) is 4.70. The summed E-state index contributed by atoms with van der Waals surface area (Å²) in [6, 6.07) is -0.979. The van der Waals surface area contributed by atoms with Crippen molar-refractivity contribution >= 4 is 21.8 Å². The molecule has 0 aliphatic carbocycles. The second-order valence-electron chi connectivity index (χ2n) is 5.70. The molecule has 0 aromatic carbocycles. The number of urea groups is 1. The maximum absolute atomic E-state index is 12.0. The molecular weight excluding hydrogens is 272 g/mol. The summed E-state index contributed by atoms with van der Waals surface area (Å²) >= 11 is 0. The molecule has 1 atom stereocenters. The summed E-state index contributed by atoms with van der Waals surface area (Å²) in [6.45, 7) is 4.75. The standard InChI is InChI=1S/C11H20N2O5S/c1-11(2,3)13(6-9(14)15)10(16)12-8-4-5-19(17,18)7-8/h8H,4-7H2,1-3H3,(H,12,16)(H,14,15). The van der Waals surface area contributed by atoms with Gasteiger partial charge in [-0.15, -0.1) is 0 Å². The summed E-state index contributed by atoms with van der Waals surface area (Å²) < 4.78 is 22.6. The summed E-state index contributed by atoms with van der Waals surface area (Å²) in [5, 5.41) is 11.4. The van der Waals surface area contributed by atoms with Crippen LogP contribution in [0.1, 0.15) is 27.2 Å². The molecule has 0 spiro atoms. The predicted octanol–water partition coefficient (Wildman–Crippen LogP) is 0.0682. The van der Waals surface area contributed by atoms with Crippen molar-refractivity contribution in [2.24, 2.45) is 0 Å². The average molecular weight is 292 g/mol. The van der Waals surface area contributed by atoms with Crippen LogP contribution in [0.15, 0.2) is 0 Å². The van der Waals surface area contributed by atoms with Crippen LogP contribution in [0, 0.1) is 0 Å². The minimum atomic E-state index is -3.07. The van der Waals surface area contributed by atoms with E-state index in [1.54, 1.807) is 20.8 Å². The zero-order valence-electron chi connectivity index (χ0n) is 11.3. The van der Waals surface area contributed by atoms with E-state index in [0.29, 0.717) is 6.42 Å². The number of carboxylic acid groups (broad SMARTS) is 1. The van der Waals surface area contributed by atoms with Crippen LogP contribution < -0.4 is 5.32 Å². The Hall–Kier alpha value is -1.31. The number of aliphatic carboxylic acids is 1. The van der Waals surface area contributed by atoms with Gasteiger partial charge in [0.2, 0.25) is 0 Å². The first-order valence-electron chi connectivity index (χ1n) is 6.01. The summed E-state index contributed by atoms with van der Waals surface area (Å²) in [5.41, 5.74) is -0.653. The molecule has 0 saturated carbocycles. The molecule has 0 aromatic heterocycles. The summed E-state index contributed by atoms with van der Waals surface area (Å²) in [4.78, 5) is 24.0. The van der Waals surface area contributed by atoms with Gasteiger partial charge in [-0.1, -0.05) is 0 Å². The molecule has 0 bridgehead atoms. The van der Waals surface area contributed by atoms with Gasteiger partial charge < -0.3 is 15.3 Å². The molecule has 1 saturated heterocycles. The van der Waals surface area contributed by atoms with Gasteiger partial charge in [0, 0.05) is 11.6 Å². The molecule has 1 fully saturated rings. The molecule has 1 aliphatic heterocycles. The first kappa shape index (κ1) is 15.7. The number of nitrogens with zero attached hydrogens (tertiary/aromatic N) is 1. The maximum atomic E-state index is 12.0. The van der Waals surface area contributed by atoms with E-state index in [4.69, 9.17) is 5.11 Å². The summed E-state index contributed by atoms with van der Waals surface area (Å²) in [6.07, 6.45) is 0.374. The van der Waals surface area contributed by atoms with Crippen molar-refractivity contribution in [2.45, 2.75) is 38.8 Å². The number of hydrogen-bond acceptors (Lipinski definition) is 4. The fourth-order valence-electron chi connectivity index (χ4n) is 1.91. The van der Waals surface area contributed by atoms with Gasteiger partial charge >= 0.3 is 12.0 Å². The number of carboxylic acids is 1. The Labute approximate surface area is 112 Å². The first-order valence-corrected chi connectivity index (χ1v) is 7.84. The van der Waals surface area contributed by atoms with Crippen LogP contribution >= 0.6 is 0 Å². The zero-order valence-corrected chi connectivity index (χ0v) is 12.2. The molecule has 7 nitrogen and oxygen atoms in total. The van der Waals surface area contributed by atoms with E-state index in [2.05, 4.69) is 5.32 Å². The van der Waals surface area contributed by atoms with Crippen LogP contribution in [-0.4, -0.2) is 60.1 Å². The Balaban J connectivity index is 2.71. The normalized spacial score (nSPS) is 21.9. The lowest BCUT2D eigenvalue weighted by Crippen LogP contribution is -2.54. The van der Waals surface area contributed by atoms with Crippen LogP contribution in [0.25, 0.3) is 0 Å².